The summed E-state index contributed by atoms with van der Waals surface area (Å²) in [6.07, 6.45) is -2.77. The molecular formula is C24H28F3NO4. The van der Waals surface area contributed by atoms with Crippen LogP contribution in [0.1, 0.15) is 56.3 Å². The molecule has 2 aromatic rings. The molecule has 0 spiro atoms. The van der Waals surface area contributed by atoms with Crippen molar-refractivity contribution in [2.75, 3.05) is 19.8 Å². The second-order valence-electron chi connectivity index (χ2n) is 7.54. The monoisotopic (exact) mass is 451 g/mol. The molecule has 8 heteroatoms. The Morgan fingerprint density at radius 2 is 1.69 bits per heavy atom. The first-order valence-electron chi connectivity index (χ1n) is 10.8. The van der Waals surface area contributed by atoms with E-state index in [1.165, 1.54) is 12.1 Å². The Morgan fingerprint density at radius 3 is 2.28 bits per heavy atom. The highest BCUT2D eigenvalue weighted by Crippen LogP contribution is 2.41. The van der Waals surface area contributed by atoms with Crippen LogP contribution in [0.15, 0.2) is 48.5 Å². The Kier molecular flexibility index (Phi) is 8.01. The second-order valence-corrected chi connectivity index (χ2v) is 7.54. The van der Waals surface area contributed by atoms with E-state index in [9.17, 15) is 18.0 Å². The lowest BCUT2D eigenvalue weighted by molar-refractivity contribution is -0.274. The molecule has 32 heavy (non-hydrogen) atoms. The first-order chi connectivity index (χ1) is 15.3. The van der Waals surface area contributed by atoms with Crippen molar-refractivity contribution in [2.24, 2.45) is 0 Å². The number of hydrogen-bond donors (Lipinski definition) is 0. The predicted molar refractivity (Wildman–Crippen MR) is 113 cm³/mol. The standard InChI is InChI=1S/C24H28F3NO4/c1-3-30-19-11-7-18(8-12-19)22(16-23(29)31-4-2)28-15-5-6-21(28)17-9-13-20(14-10-17)32-24(25,26)27/h7-14,21-22H,3-6,15-16H2,1-2H3. The number of carbonyl (C=O) groups is 1. The number of nitrogens with zero attached hydrogens (tertiary/aromatic N) is 1. The van der Waals surface area contributed by atoms with Crippen LogP contribution in [0.2, 0.25) is 0 Å². The molecule has 0 N–H and O–H groups in total. The normalized spacial score (nSPS) is 17.7. The highest BCUT2D eigenvalue weighted by molar-refractivity contribution is 5.70. The highest BCUT2D eigenvalue weighted by atomic mass is 19.4. The SMILES string of the molecule is CCOC(=O)CC(c1ccc(OCC)cc1)N1CCCC1c1ccc(OC(F)(F)F)cc1. The van der Waals surface area contributed by atoms with Crippen LogP contribution >= 0.6 is 0 Å². The van der Waals surface area contributed by atoms with Crippen molar-refractivity contribution in [3.8, 4) is 11.5 Å². The number of ether oxygens (including phenoxy) is 3. The van der Waals surface area contributed by atoms with Crippen molar-refractivity contribution in [3.05, 3.63) is 59.7 Å². The number of rotatable bonds is 9. The van der Waals surface area contributed by atoms with Crippen LogP contribution in [0, 0.1) is 0 Å². The lowest BCUT2D eigenvalue weighted by Crippen LogP contribution is -2.30. The molecule has 1 aliphatic rings. The van der Waals surface area contributed by atoms with Crippen molar-refractivity contribution in [1.82, 2.24) is 4.90 Å². The summed E-state index contributed by atoms with van der Waals surface area (Å²) in [5.74, 6) is 0.218. The van der Waals surface area contributed by atoms with E-state index in [-0.39, 0.29) is 30.2 Å². The summed E-state index contributed by atoms with van der Waals surface area (Å²) in [5.41, 5.74) is 1.85. The molecule has 0 saturated carbocycles. The van der Waals surface area contributed by atoms with E-state index < -0.39 is 6.36 Å². The number of halogens is 3. The van der Waals surface area contributed by atoms with Crippen molar-refractivity contribution < 1.29 is 32.2 Å². The minimum atomic E-state index is -4.72. The molecular weight excluding hydrogens is 423 g/mol. The molecule has 0 bridgehead atoms. The quantitative estimate of drug-likeness (QED) is 0.450. The van der Waals surface area contributed by atoms with Gasteiger partial charge >= 0.3 is 12.3 Å². The third-order valence-electron chi connectivity index (χ3n) is 5.43. The summed E-state index contributed by atoms with van der Waals surface area (Å²) < 4.78 is 52.1. The minimum Gasteiger partial charge on any atom is -0.494 e. The van der Waals surface area contributed by atoms with Gasteiger partial charge in [-0.2, -0.15) is 0 Å². The number of likely N-dealkylation sites (tertiary alicyclic amines) is 1. The van der Waals surface area contributed by atoms with Crippen molar-refractivity contribution >= 4 is 5.97 Å². The van der Waals surface area contributed by atoms with Crippen molar-refractivity contribution in [1.29, 1.82) is 0 Å². The van der Waals surface area contributed by atoms with E-state index in [0.717, 1.165) is 36.3 Å². The van der Waals surface area contributed by atoms with Gasteiger partial charge in [-0.3, -0.25) is 9.69 Å². The van der Waals surface area contributed by atoms with Gasteiger partial charge in [-0.25, -0.2) is 0 Å². The Hall–Kier alpha value is -2.74. The molecule has 1 aliphatic heterocycles. The van der Waals surface area contributed by atoms with Gasteiger partial charge in [0.2, 0.25) is 0 Å². The average Bonchev–Trinajstić information content (AvgIpc) is 3.22. The fraction of sp³-hybridized carbons (Fsp3) is 0.458. The highest BCUT2D eigenvalue weighted by Gasteiger charge is 2.35. The number of benzene rings is 2. The van der Waals surface area contributed by atoms with Gasteiger partial charge in [-0.1, -0.05) is 24.3 Å². The molecule has 2 aromatic carbocycles. The summed E-state index contributed by atoms with van der Waals surface area (Å²) >= 11 is 0. The van der Waals surface area contributed by atoms with Crippen molar-refractivity contribution in [2.45, 2.75) is 51.6 Å². The fourth-order valence-electron chi connectivity index (χ4n) is 4.17. The van der Waals surface area contributed by atoms with Crippen LogP contribution in [0.3, 0.4) is 0 Å². The smallest absolute Gasteiger partial charge is 0.494 e. The van der Waals surface area contributed by atoms with E-state index in [2.05, 4.69) is 9.64 Å². The number of carbonyl (C=O) groups excluding carboxylic acids is 1. The van der Waals surface area contributed by atoms with Gasteiger partial charge < -0.3 is 14.2 Å². The van der Waals surface area contributed by atoms with Crippen LogP contribution < -0.4 is 9.47 Å². The number of alkyl halides is 3. The Balaban J connectivity index is 1.84. The van der Waals surface area contributed by atoms with Gasteiger partial charge in [0, 0.05) is 12.1 Å². The van der Waals surface area contributed by atoms with E-state index in [4.69, 9.17) is 9.47 Å². The van der Waals surface area contributed by atoms with Gasteiger partial charge in [0.25, 0.3) is 0 Å². The predicted octanol–water partition coefficient (Wildman–Crippen LogP) is 5.82. The molecule has 1 heterocycles. The van der Waals surface area contributed by atoms with Crippen LogP contribution in [0.4, 0.5) is 13.2 Å². The molecule has 174 valence electrons. The minimum absolute atomic E-state index is 0.0269. The van der Waals surface area contributed by atoms with E-state index >= 15 is 0 Å². The number of esters is 1. The topological polar surface area (TPSA) is 48.0 Å². The van der Waals surface area contributed by atoms with Crippen LogP contribution in [0.5, 0.6) is 11.5 Å². The van der Waals surface area contributed by atoms with E-state index in [1.807, 2.05) is 31.2 Å². The maximum Gasteiger partial charge on any atom is 0.573 e. The molecule has 0 aromatic heterocycles. The van der Waals surface area contributed by atoms with E-state index in [1.54, 1.807) is 19.1 Å². The van der Waals surface area contributed by atoms with Gasteiger partial charge in [-0.05, 0) is 68.6 Å². The first-order valence-corrected chi connectivity index (χ1v) is 10.8. The molecule has 1 fully saturated rings. The largest absolute Gasteiger partial charge is 0.573 e. The summed E-state index contributed by atoms with van der Waals surface area (Å²) in [4.78, 5) is 14.6. The molecule has 2 unspecified atom stereocenters. The van der Waals surface area contributed by atoms with E-state index in [0.29, 0.717) is 13.2 Å². The summed E-state index contributed by atoms with van der Waals surface area (Å²) in [6.45, 7) is 5.32. The van der Waals surface area contributed by atoms with Gasteiger partial charge in [0.1, 0.15) is 11.5 Å². The Bertz CT molecular complexity index is 868. The molecule has 0 radical (unpaired) electrons. The molecule has 2 atom stereocenters. The second kappa shape index (κ2) is 10.7. The average molecular weight is 451 g/mol. The molecule has 0 amide bonds. The van der Waals surface area contributed by atoms with Gasteiger partial charge in [0.05, 0.1) is 19.6 Å². The Labute approximate surface area is 186 Å². The first kappa shape index (κ1) is 23.9. The summed E-state index contributed by atoms with van der Waals surface area (Å²) in [7, 11) is 0. The third-order valence-corrected chi connectivity index (χ3v) is 5.43. The summed E-state index contributed by atoms with van der Waals surface area (Å²) in [6, 6.07) is 13.4. The fourth-order valence-corrected chi connectivity index (χ4v) is 4.17. The molecule has 1 saturated heterocycles. The summed E-state index contributed by atoms with van der Waals surface area (Å²) in [5, 5.41) is 0. The van der Waals surface area contributed by atoms with Crippen molar-refractivity contribution in [3.63, 3.8) is 0 Å². The third kappa shape index (κ3) is 6.38. The lowest BCUT2D eigenvalue weighted by Gasteiger charge is -2.33. The zero-order valence-electron chi connectivity index (χ0n) is 18.2. The molecule has 3 rings (SSSR count). The van der Waals surface area contributed by atoms with Crippen LogP contribution in [0.25, 0.3) is 0 Å². The zero-order chi connectivity index (χ0) is 23.1. The van der Waals surface area contributed by atoms with Crippen LogP contribution in [-0.4, -0.2) is 37.0 Å². The number of hydrogen-bond acceptors (Lipinski definition) is 5. The molecule has 0 aliphatic carbocycles. The van der Waals surface area contributed by atoms with Gasteiger partial charge in [0.15, 0.2) is 0 Å². The maximum atomic E-state index is 12.5. The van der Waals surface area contributed by atoms with Crippen LogP contribution in [-0.2, 0) is 9.53 Å². The zero-order valence-corrected chi connectivity index (χ0v) is 18.2. The lowest BCUT2D eigenvalue weighted by atomic mass is 9.98. The maximum absolute atomic E-state index is 12.5. The van der Waals surface area contributed by atoms with Gasteiger partial charge in [-0.15, -0.1) is 13.2 Å². The Morgan fingerprint density at radius 1 is 1.03 bits per heavy atom. The molecule has 5 nitrogen and oxygen atoms in total.